The molecule has 4 nitrogen and oxygen atoms in total. The Balaban J connectivity index is 1.74. The summed E-state index contributed by atoms with van der Waals surface area (Å²) in [6, 6.07) is 0. The van der Waals surface area contributed by atoms with Gasteiger partial charge in [0.25, 0.3) is 0 Å². The van der Waals surface area contributed by atoms with E-state index in [1.807, 2.05) is 0 Å². The minimum atomic E-state index is 0.0948. The summed E-state index contributed by atoms with van der Waals surface area (Å²) in [5.74, 6) is 0.935. The van der Waals surface area contributed by atoms with Crippen LogP contribution < -0.4 is 10.6 Å². The third kappa shape index (κ3) is 9.12. The van der Waals surface area contributed by atoms with Crippen molar-refractivity contribution in [1.82, 2.24) is 10.6 Å². The van der Waals surface area contributed by atoms with E-state index in [0.717, 1.165) is 51.5 Å². The molecule has 1 fully saturated rings. The molecule has 1 aliphatic rings. The van der Waals surface area contributed by atoms with Gasteiger partial charge in [-0.25, -0.2) is 0 Å². The van der Waals surface area contributed by atoms with Gasteiger partial charge in [0.2, 0.25) is 5.91 Å². The van der Waals surface area contributed by atoms with E-state index in [4.69, 9.17) is 4.74 Å². The van der Waals surface area contributed by atoms with Gasteiger partial charge in [0.05, 0.1) is 6.54 Å². The van der Waals surface area contributed by atoms with Crippen molar-refractivity contribution in [2.24, 2.45) is 5.92 Å². The van der Waals surface area contributed by atoms with Crippen LogP contribution in [0.25, 0.3) is 0 Å². The molecular formula is C13H26N2O2. The van der Waals surface area contributed by atoms with Crippen LogP contribution in [0.3, 0.4) is 0 Å². The molecule has 4 heteroatoms. The molecule has 0 saturated heterocycles. The number of ether oxygens (including phenoxy) is 1. The number of amides is 1. The maximum absolute atomic E-state index is 11.3. The van der Waals surface area contributed by atoms with Crippen molar-refractivity contribution >= 4 is 5.91 Å². The zero-order valence-corrected chi connectivity index (χ0v) is 11.0. The largest absolute Gasteiger partial charge is 0.381 e. The number of nitrogens with one attached hydrogen (secondary N) is 2. The Morgan fingerprint density at radius 2 is 2.12 bits per heavy atom. The first kappa shape index (κ1) is 14.5. The lowest BCUT2D eigenvalue weighted by Crippen LogP contribution is -2.34. The number of unbranched alkanes of at least 4 members (excludes halogenated alkanes) is 1. The standard InChI is InChI=1S/C13H26N2O2/c1-2-3-8-15-13(16)10-14-7-4-9-17-11-12-5-6-12/h12,14H,2-11H2,1H3,(H,15,16). The van der Waals surface area contributed by atoms with Crippen molar-refractivity contribution in [3.63, 3.8) is 0 Å². The van der Waals surface area contributed by atoms with Crippen molar-refractivity contribution < 1.29 is 9.53 Å². The van der Waals surface area contributed by atoms with E-state index in [2.05, 4.69) is 17.6 Å². The van der Waals surface area contributed by atoms with Crippen molar-refractivity contribution in [3.8, 4) is 0 Å². The number of carbonyl (C=O) groups excluding carboxylic acids is 1. The Bertz CT molecular complexity index is 206. The van der Waals surface area contributed by atoms with Gasteiger partial charge in [-0.1, -0.05) is 13.3 Å². The molecule has 17 heavy (non-hydrogen) atoms. The van der Waals surface area contributed by atoms with Gasteiger partial charge in [-0.15, -0.1) is 0 Å². The van der Waals surface area contributed by atoms with Gasteiger partial charge in [-0.05, 0) is 38.1 Å². The lowest BCUT2D eigenvalue weighted by Gasteiger charge is -2.06. The van der Waals surface area contributed by atoms with Crippen molar-refractivity contribution in [3.05, 3.63) is 0 Å². The highest BCUT2D eigenvalue weighted by atomic mass is 16.5. The van der Waals surface area contributed by atoms with E-state index in [1.54, 1.807) is 0 Å². The molecule has 100 valence electrons. The van der Waals surface area contributed by atoms with E-state index in [1.165, 1.54) is 12.8 Å². The van der Waals surface area contributed by atoms with Gasteiger partial charge in [0.1, 0.15) is 0 Å². The molecule has 1 saturated carbocycles. The fraction of sp³-hybridized carbons (Fsp3) is 0.923. The van der Waals surface area contributed by atoms with E-state index in [0.29, 0.717) is 6.54 Å². The second-order valence-corrected chi connectivity index (χ2v) is 4.75. The maximum Gasteiger partial charge on any atom is 0.233 e. The van der Waals surface area contributed by atoms with Crippen molar-refractivity contribution in [2.75, 3.05) is 32.8 Å². The molecule has 0 aromatic heterocycles. The predicted octanol–water partition coefficient (Wildman–Crippen LogP) is 1.31. The first-order valence-corrected chi connectivity index (χ1v) is 6.88. The highest BCUT2D eigenvalue weighted by Crippen LogP contribution is 2.28. The van der Waals surface area contributed by atoms with Gasteiger partial charge in [0, 0.05) is 19.8 Å². The molecule has 1 rings (SSSR count). The topological polar surface area (TPSA) is 50.4 Å². The molecule has 0 aliphatic heterocycles. The Labute approximate surface area is 104 Å². The van der Waals surface area contributed by atoms with Gasteiger partial charge in [-0.3, -0.25) is 4.79 Å². The number of rotatable bonds is 11. The molecule has 0 spiro atoms. The van der Waals surface area contributed by atoms with Crippen LogP contribution in [0.1, 0.15) is 39.0 Å². The predicted molar refractivity (Wildman–Crippen MR) is 68.9 cm³/mol. The van der Waals surface area contributed by atoms with Crippen LogP contribution in [0.5, 0.6) is 0 Å². The Kier molecular flexibility index (Phi) is 8.01. The SMILES string of the molecule is CCCCNC(=O)CNCCCOCC1CC1. The average molecular weight is 242 g/mol. The fourth-order valence-corrected chi connectivity index (χ4v) is 1.50. The summed E-state index contributed by atoms with van der Waals surface area (Å²) in [4.78, 5) is 11.3. The summed E-state index contributed by atoms with van der Waals surface area (Å²) in [5, 5.41) is 6.00. The summed E-state index contributed by atoms with van der Waals surface area (Å²) in [5.41, 5.74) is 0. The average Bonchev–Trinajstić information content (AvgIpc) is 3.12. The third-order valence-electron chi connectivity index (χ3n) is 2.83. The Morgan fingerprint density at radius 1 is 1.29 bits per heavy atom. The van der Waals surface area contributed by atoms with Crippen LogP contribution in [-0.4, -0.2) is 38.8 Å². The fourth-order valence-electron chi connectivity index (χ4n) is 1.50. The zero-order chi connectivity index (χ0) is 12.3. The molecule has 1 aliphatic carbocycles. The number of carbonyl (C=O) groups is 1. The molecule has 0 atom stereocenters. The number of hydrogen-bond acceptors (Lipinski definition) is 3. The monoisotopic (exact) mass is 242 g/mol. The summed E-state index contributed by atoms with van der Waals surface area (Å²) in [7, 11) is 0. The lowest BCUT2D eigenvalue weighted by atomic mass is 10.3. The minimum Gasteiger partial charge on any atom is -0.381 e. The van der Waals surface area contributed by atoms with Crippen molar-refractivity contribution in [1.29, 1.82) is 0 Å². The number of hydrogen-bond donors (Lipinski definition) is 2. The first-order chi connectivity index (χ1) is 8.33. The molecule has 0 aromatic rings. The summed E-state index contributed by atoms with van der Waals surface area (Å²) in [6.45, 7) is 5.92. The summed E-state index contributed by atoms with van der Waals surface area (Å²) >= 11 is 0. The Hall–Kier alpha value is -0.610. The van der Waals surface area contributed by atoms with E-state index >= 15 is 0 Å². The molecule has 2 N–H and O–H groups in total. The van der Waals surface area contributed by atoms with Gasteiger partial charge in [0.15, 0.2) is 0 Å². The molecule has 0 aromatic carbocycles. The molecule has 0 heterocycles. The molecular weight excluding hydrogens is 216 g/mol. The first-order valence-electron chi connectivity index (χ1n) is 6.88. The Morgan fingerprint density at radius 3 is 2.82 bits per heavy atom. The van der Waals surface area contributed by atoms with E-state index in [-0.39, 0.29) is 5.91 Å². The second-order valence-electron chi connectivity index (χ2n) is 4.75. The van der Waals surface area contributed by atoms with Crippen LogP contribution in [0.2, 0.25) is 0 Å². The highest BCUT2D eigenvalue weighted by Gasteiger charge is 2.20. The second kappa shape index (κ2) is 9.42. The van der Waals surface area contributed by atoms with Gasteiger partial charge in [-0.2, -0.15) is 0 Å². The zero-order valence-electron chi connectivity index (χ0n) is 11.0. The normalized spacial score (nSPS) is 14.9. The van der Waals surface area contributed by atoms with Gasteiger partial charge < -0.3 is 15.4 Å². The third-order valence-corrected chi connectivity index (χ3v) is 2.83. The highest BCUT2D eigenvalue weighted by molar-refractivity contribution is 5.77. The minimum absolute atomic E-state index is 0.0948. The lowest BCUT2D eigenvalue weighted by molar-refractivity contribution is -0.120. The van der Waals surface area contributed by atoms with Gasteiger partial charge >= 0.3 is 0 Å². The summed E-state index contributed by atoms with van der Waals surface area (Å²) < 4.78 is 5.50. The summed E-state index contributed by atoms with van der Waals surface area (Å²) in [6.07, 6.45) is 5.84. The molecule has 0 unspecified atom stereocenters. The molecule has 0 radical (unpaired) electrons. The molecule has 0 bridgehead atoms. The van der Waals surface area contributed by atoms with Crippen LogP contribution in [0.15, 0.2) is 0 Å². The van der Waals surface area contributed by atoms with E-state index < -0.39 is 0 Å². The van der Waals surface area contributed by atoms with Crippen LogP contribution >= 0.6 is 0 Å². The van der Waals surface area contributed by atoms with Crippen molar-refractivity contribution in [2.45, 2.75) is 39.0 Å². The quantitative estimate of drug-likeness (QED) is 0.537. The smallest absolute Gasteiger partial charge is 0.233 e. The molecule has 1 amide bonds. The van der Waals surface area contributed by atoms with Crippen LogP contribution in [-0.2, 0) is 9.53 Å². The van der Waals surface area contributed by atoms with Crippen LogP contribution in [0.4, 0.5) is 0 Å². The van der Waals surface area contributed by atoms with Crippen LogP contribution in [0, 0.1) is 5.92 Å². The maximum atomic E-state index is 11.3. The van der Waals surface area contributed by atoms with E-state index in [9.17, 15) is 4.79 Å².